The molecule has 1 aliphatic rings. The first kappa shape index (κ1) is 18.2. The summed E-state index contributed by atoms with van der Waals surface area (Å²) in [5.74, 6) is -0.280. The zero-order chi connectivity index (χ0) is 19.8. The second kappa shape index (κ2) is 7.09. The van der Waals surface area contributed by atoms with Crippen LogP contribution in [0.2, 0.25) is 5.02 Å². The number of amides is 2. The van der Waals surface area contributed by atoms with E-state index in [9.17, 15) is 9.59 Å². The number of benzene rings is 2. The maximum Gasteiger partial charge on any atom is 0.257 e. The first-order chi connectivity index (χ1) is 13.4. The molecule has 0 radical (unpaired) electrons. The molecule has 2 amide bonds. The molecule has 0 saturated carbocycles. The Labute approximate surface area is 166 Å². The van der Waals surface area contributed by atoms with Crippen LogP contribution in [0.3, 0.4) is 0 Å². The van der Waals surface area contributed by atoms with Crippen LogP contribution in [0.1, 0.15) is 29.8 Å². The number of nitrogens with one attached hydrogen (secondary N) is 1. The van der Waals surface area contributed by atoms with Crippen molar-refractivity contribution in [1.29, 1.82) is 0 Å². The normalized spacial score (nSPS) is 15.4. The van der Waals surface area contributed by atoms with Gasteiger partial charge in [0.1, 0.15) is 12.7 Å². The molecule has 1 aromatic heterocycles. The molecule has 0 fully saturated rings. The van der Waals surface area contributed by atoms with E-state index >= 15 is 0 Å². The van der Waals surface area contributed by atoms with Crippen molar-refractivity contribution >= 4 is 34.8 Å². The predicted octanol–water partition coefficient (Wildman–Crippen LogP) is 3.47. The molecule has 1 N–H and O–H groups in total. The van der Waals surface area contributed by atoms with E-state index in [0.717, 1.165) is 23.4 Å². The smallest absolute Gasteiger partial charge is 0.257 e. The minimum atomic E-state index is -0.297. The topological polar surface area (TPSA) is 80.1 Å². The lowest BCUT2D eigenvalue weighted by Crippen LogP contribution is -2.33. The van der Waals surface area contributed by atoms with Gasteiger partial charge in [0.2, 0.25) is 5.91 Å². The number of aromatic nitrogens is 3. The lowest BCUT2D eigenvalue weighted by Gasteiger charge is -2.20. The summed E-state index contributed by atoms with van der Waals surface area (Å²) in [6.45, 7) is 3.57. The highest BCUT2D eigenvalue weighted by atomic mass is 35.5. The highest BCUT2D eigenvalue weighted by Gasteiger charge is 2.29. The third-order valence-electron chi connectivity index (χ3n) is 4.81. The van der Waals surface area contributed by atoms with Crippen LogP contribution in [0.25, 0.3) is 5.69 Å². The van der Waals surface area contributed by atoms with Gasteiger partial charge in [0.25, 0.3) is 5.91 Å². The van der Waals surface area contributed by atoms with Crippen LogP contribution in [0.4, 0.5) is 11.4 Å². The number of carbonyl (C=O) groups excluding carboxylic acids is 2. The third-order valence-corrected chi connectivity index (χ3v) is 5.12. The molecular weight excluding hydrogens is 378 g/mol. The Hall–Kier alpha value is -3.19. The van der Waals surface area contributed by atoms with Gasteiger partial charge in [-0.05, 0) is 55.3 Å². The number of hydrogen-bond acceptors (Lipinski definition) is 4. The van der Waals surface area contributed by atoms with Crippen LogP contribution < -0.4 is 10.2 Å². The SMILES string of the molecule is CC(=O)N1c2ccc(NC(=O)c3ccc(-n4cnnc4)cc3Cl)cc2CC1C. The van der Waals surface area contributed by atoms with Gasteiger partial charge in [-0.1, -0.05) is 11.6 Å². The van der Waals surface area contributed by atoms with Crippen LogP contribution in [0, 0.1) is 0 Å². The molecule has 2 aromatic carbocycles. The van der Waals surface area contributed by atoms with E-state index in [0.29, 0.717) is 16.3 Å². The van der Waals surface area contributed by atoms with Crippen LogP contribution >= 0.6 is 11.6 Å². The lowest BCUT2D eigenvalue weighted by atomic mass is 10.1. The van der Waals surface area contributed by atoms with Gasteiger partial charge < -0.3 is 10.2 Å². The molecule has 0 saturated heterocycles. The molecule has 4 rings (SSSR count). The largest absolute Gasteiger partial charge is 0.322 e. The summed E-state index contributed by atoms with van der Waals surface area (Å²) in [6.07, 6.45) is 3.87. The molecule has 0 aliphatic carbocycles. The van der Waals surface area contributed by atoms with Crippen molar-refractivity contribution in [2.45, 2.75) is 26.3 Å². The number of carbonyl (C=O) groups is 2. The molecule has 28 heavy (non-hydrogen) atoms. The molecule has 2 heterocycles. The Morgan fingerprint density at radius 3 is 2.57 bits per heavy atom. The van der Waals surface area contributed by atoms with E-state index in [1.54, 1.807) is 53.3 Å². The second-order valence-electron chi connectivity index (χ2n) is 6.77. The zero-order valence-corrected chi connectivity index (χ0v) is 16.1. The van der Waals surface area contributed by atoms with Crippen LogP contribution in [-0.4, -0.2) is 32.6 Å². The summed E-state index contributed by atoms with van der Waals surface area (Å²) < 4.78 is 1.70. The van der Waals surface area contributed by atoms with Gasteiger partial charge in [-0.25, -0.2) is 0 Å². The van der Waals surface area contributed by atoms with Gasteiger partial charge in [0, 0.05) is 30.0 Å². The fourth-order valence-electron chi connectivity index (χ4n) is 3.57. The van der Waals surface area contributed by atoms with E-state index in [1.165, 1.54) is 0 Å². The van der Waals surface area contributed by atoms with Crippen molar-refractivity contribution in [1.82, 2.24) is 14.8 Å². The highest BCUT2D eigenvalue weighted by molar-refractivity contribution is 6.34. The molecule has 7 nitrogen and oxygen atoms in total. The first-order valence-electron chi connectivity index (χ1n) is 8.82. The first-order valence-corrected chi connectivity index (χ1v) is 9.20. The van der Waals surface area contributed by atoms with E-state index in [1.807, 2.05) is 19.1 Å². The molecule has 0 bridgehead atoms. The van der Waals surface area contributed by atoms with Crippen molar-refractivity contribution in [3.63, 3.8) is 0 Å². The molecular formula is C20H18ClN5O2. The Balaban J connectivity index is 1.55. The minimum Gasteiger partial charge on any atom is -0.322 e. The van der Waals surface area contributed by atoms with Crippen LogP contribution in [0.15, 0.2) is 49.1 Å². The fraction of sp³-hybridized carbons (Fsp3) is 0.200. The van der Waals surface area contributed by atoms with E-state index < -0.39 is 0 Å². The Morgan fingerprint density at radius 1 is 1.14 bits per heavy atom. The van der Waals surface area contributed by atoms with Crippen LogP contribution in [0.5, 0.6) is 0 Å². The number of anilines is 2. The van der Waals surface area contributed by atoms with Gasteiger partial charge in [-0.2, -0.15) is 0 Å². The molecule has 142 valence electrons. The fourth-order valence-corrected chi connectivity index (χ4v) is 3.83. The Bertz CT molecular complexity index is 1060. The average molecular weight is 396 g/mol. The summed E-state index contributed by atoms with van der Waals surface area (Å²) in [7, 11) is 0. The van der Waals surface area contributed by atoms with Gasteiger partial charge in [0.15, 0.2) is 0 Å². The van der Waals surface area contributed by atoms with Gasteiger partial charge >= 0.3 is 0 Å². The molecule has 3 aromatic rings. The molecule has 0 spiro atoms. The summed E-state index contributed by atoms with van der Waals surface area (Å²) in [5.41, 5.74) is 3.74. The van der Waals surface area contributed by atoms with Crippen molar-refractivity contribution in [2.24, 2.45) is 0 Å². The monoisotopic (exact) mass is 395 g/mol. The molecule has 1 unspecified atom stereocenters. The van der Waals surface area contributed by atoms with E-state index in [4.69, 9.17) is 11.6 Å². The summed E-state index contributed by atoms with van der Waals surface area (Å²) in [5, 5.41) is 10.7. The number of hydrogen-bond donors (Lipinski definition) is 1. The lowest BCUT2D eigenvalue weighted by molar-refractivity contribution is -0.116. The third kappa shape index (κ3) is 3.25. The number of rotatable bonds is 3. The van der Waals surface area contributed by atoms with E-state index in [-0.39, 0.29) is 17.9 Å². The molecule has 8 heteroatoms. The molecule has 1 atom stereocenters. The van der Waals surface area contributed by atoms with Crippen molar-refractivity contribution in [3.05, 3.63) is 65.2 Å². The summed E-state index contributed by atoms with van der Waals surface area (Å²) >= 11 is 6.32. The highest BCUT2D eigenvalue weighted by Crippen LogP contribution is 2.34. The van der Waals surface area contributed by atoms with Crippen LogP contribution in [-0.2, 0) is 11.2 Å². The summed E-state index contributed by atoms with van der Waals surface area (Å²) in [4.78, 5) is 26.3. The minimum absolute atomic E-state index is 0.0167. The van der Waals surface area contributed by atoms with Crippen molar-refractivity contribution < 1.29 is 9.59 Å². The van der Waals surface area contributed by atoms with Gasteiger partial charge in [-0.3, -0.25) is 14.2 Å². The zero-order valence-electron chi connectivity index (χ0n) is 15.4. The predicted molar refractivity (Wildman–Crippen MR) is 107 cm³/mol. The second-order valence-corrected chi connectivity index (χ2v) is 7.18. The maximum atomic E-state index is 12.7. The Kier molecular flexibility index (Phi) is 4.60. The maximum absolute atomic E-state index is 12.7. The number of nitrogens with zero attached hydrogens (tertiary/aromatic N) is 4. The Morgan fingerprint density at radius 2 is 1.89 bits per heavy atom. The van der Waals surface area contributed by atoms with Crippen molar-refractivity contribution in [2.75, 3.05) is 10.2 Å². The molecule has 1 aliphatic heterocycles. The van der Waals surface area contributed by atoms with Gasteiger partial charge in [0.05, 0.1) is 10.6 Å². The van der Waals surface area contributed by atoms with Gasteiger partial charge in [-0.15, -0.1) is 10.2 Å². The number of fused-ring (bicyclic) bond motifs is 1. The quantitative estimate of drug-likeness (QED) is 0.736. The standard InChI is InChI=1S/C20H18ClN5O2/c1-12-7-14-8-15(3-6-19(14)26(12)13(2)27)24-20(28)17-5-4-16(9-18(17)21)25-10-22-23-11-25/h3-6,8-12H,7H2,1-2H3,(H,24,28). The van der Waals surface area contributed by atoms with E-state index in [2.05, 4.69) is 15.5 Å². The summed E-state index contributed by atoms with van der Waals surface area (Å²) in [6, 6.07) is 10.8. The van der Waals surface area contributed by atoms with Crippen molar-refractivity contribution in [3.8, 4) is 5.69 Å². The number of halogens is 1. The average Bonchev–Trinajstić information content (AvgIpc) is 3.28.